The van der Waals surface area contributed by atoms with Crippen LogP contribution in [-0.2, 0) is 0 Å². The summed E-state index contributed by atoms with van der Waals surface area (Å²) in [6.07, 6.45) is 1.76. The van der Waals surface area contributed by atoms with E-state index in [1.54, 1.807) is 12.1 Å². The van der Waals surface area contributed by atoms with Crippen LogP contribution in [0.25, 0.3) is 0 Å². The highest BCUT2D eigenvalue weighted by molar-refractivity contribution is 6.08. The van der Waals surface area contributed by atoms with Crippen LogP contribution in [0.4, 0.5) is 0 Å². The number of carbonyl (C=O) groups is 1. The van der Waals surface area contributed by atoms with Crippen molar-refractivity contribution in [1.29, 1.82) is 0 Å². The molecule has 3 aromatic carbocycles. The molecule has 0 aliphatic rings. The Balaban J connectivity index is 1.38. The molecular weight excluding hydrogens is 364 g/mol. The highest BCUT2D eigenvalue weighted by Gasteiger charge is 2.08. The number of ketones is 1. The largest absolute Gasteiger partial charge is 0.494 e. The number of para-hydroxylation sites is 2. The number of carbonyl (C=O) groups excluding carboxylic acids is 1. The van der Waals surface area contributed by atoms with Gasteiger partial charge in [0.15, 0.2) is 17.3 Å². The fourth-order valence-electron chi connectivity index (χ4n) is 2.88. The summed E-state index contributed by atoms with van der Waals surface area (Å²) >= 11 is 0. The van der Waals surface area contributed by atoms with Gasteiger partial charge in [-0.2, -0.15) is 0 Å². The van der Waals surface area contributed by atoms with Crippen molar-refractivity contribution in [3.8, 4) is 17.2 Å². The molecular formula is C25H26O4. The van der Waals surface area contributed by atoms with Gasteiger partial charge in [-0.15, -0.1) is 0 Å². The summed E-state index contributed by atoms with van der Waals surface area (Å²) in [6.45, 7) is 3.78. The summed E-state index contributed by atoms with van der Waals surface area (Å²) in [5.41, 5.74) is 1.34. The lowest BCUT2D eigenvalue weighted by molar-refractivity contribution is 0.103. The van der Waals surface area contributed by atoms with Gasteiger partial charge in [-0.05, 0) is 56.2 Å². The van der Waals surface area contributed by atoms with Crippen molar-refractivity contribution in [2.24, 2.45) is 0 Å². The maximum Gasteiger partial charge on any atom is 0.193 e. The van der Waals surface area contributed by atoms with Gasteiger partial charge in [0.05, 0.1) is 19.8 Å². The molecule has 0 saturated heterocycles. The van der Waals surface area contributed by atoms with E-state index >= 15 is 0 Å². The van der Waals surface area contributed by atoms with Gasteiger partial charge in [-0.25, -0.2) is 0 Å². The zero-order valence-corrected chi connectivity index (χ0v) is 16.7. The van der Waals surface area contributed by atoms with Crippen LogP contribution in [0.1, 0.15) is 35.7 Å². The first-order valence-electron chi connectivity index (χ1n) is 9.95. The molecule has 0 amide bonds. The zero-order chi connectivity index (χ0) is 20.3. The fraction of sp³-hybridized carbons (Fsp3) is 0.240. The zero-order valence-electron chi connectivity index (χ0n) is 16.7. The number of rotatable bonds is 11. The van der Waals surface area contributed by atoms with Gasteiger partial charge in [-0.1, -0.05) is 42.5 Å². The molecule has 0 atom stereocenters. The first-order valence-corrected chi connectivity index (χ1v) is 9.95. The molecule has 3 aromatic rings. The molecule has 150 valence electrons. The Morgan fingerprint density at radius 2 is 1.21 bits per heavy atom. The minimum absolute atomic E-state index is 0.0154. The van der Waals surface area contributed by atoms with Gasteiger partial charge in [-0.3, -0.25) is 4.79 Å². The van der Waals surface area contributed by atoms with Crippen LogP contribution >= 0.6 is 0 Å². The first kappa shape index (κ1) is 20.5. The van der Waals surface area contributed by atoms with Gasteiger partial charge < -0.3 is 14.2 Å². The highest BCUT2D eigenvalue weighted by Crippen LogP contribution is 2.26. The number of hydrogen-bond donors (Lipinski definition) is 0. The molecule has 4 nitrogen and oxygen atoms in total. The summed E-state index contributed by atoms with van der Waals surface area (Å²) < 4.78 is 17.1. The average molecular weight is 390 g/mol. The van der Waals surface area contributed by atoms with Crippen LogP contribution in [0, 0.1) is 0 Å². The van der Waals surface area contributed by atoms with Crippen molar-refractivity contribution in [3.05, 3.63) is 90.0 Å². The Bertz CT molecular complexity index is 888. The average Bonchev–Trinajstić information content (AvgIpc) is 2.78. The van der Waals surface area contributed by atoms with Crippen molar-refractivity contribution in [2.45, 2.75) is 19.8 Å². The third kappa shape index (κ3) is 6.11. The second-order valence-electron chi connectivity index (χ2n) is 6.50. The topological polar surface area (TPSA) is 44.8 Å². The molecule has 0 aliphatic heterocycles. The van der Waals surface area contributed by atoms with E-state index in [0.717, 1.165) is 30.1 Å². The van der Waals surface area contributed by atoms with E-state index in [-0.39, 0.29) is 5.78 Å². The Morgan fingerprint density at radius 3 is 1.86 bits per heavy atom. The summed E-state index contributed by atoms with van der Waals surface area (Å²) in [5, 5.41) is 0. The molecule has 0 saturated carbocycles. The maximum atomic E-state index is 12.4. The predicted octanol–water partition coefficient (Wildman–Crippen LogP) is 5.55. The van der Waals surface area contributed by atoms with Crippen LogP contribution in [0.3, 0.4) is 0 Å². The van der Waals surface area contributed by atoms with Gasteiger partial charge in [0.25, 0.3) is 0 Å². The van der Waals surface area contributed by atoms with Crippen molar-refractivity contribution in [2.75, 3.05) is 19.8 Å². The third-order valence-electron chi connectivity index (χ3n) is 4.37. The molecule has 4 heteroatoms. The van der Waals surface area contributed by atoms with Crippen molar-refractivity contribution in [3.63, 3.8) is 0 Å². The van der Waals surface area contributed by atoms with E-state index in [2.05, 4.69) is 0 Å². The SMILES string of the molecule is CCOc1ccccc1OCCCCOc1ccc(C(=O)c2ccccc2)cc1. The Kier molecular flexibility index (Phi) is 7.70. The standard InChI is InChI=1S/C25H26O4/c1-2-27-23-12-6-7-13-24(23)29-19-9-8-18-28-22-16-14-21(15-17-22)25(26)20-10-4-3-5-11-20/h3-7,10-17H,2,8-9,18-19H2,1H3. The van der Waals surface area contributed by atoms with Gasteiger partial charge in [0.2, 0.25) is 0 Å². The lowest BCUT2D eigenvalue weighted by Gasteiger charge is -2.11. The Morgan fingerprint density at radius 1 is 0.655 bits per heavy atom. The normalized spacial score (nSPS) is 10.4. The molecule has 0 aliphatic carbocycles. The van der Waals surface area contributed by atoms with Crippen LogP contribution in [0.5, 0.6) is 17.2 Å². The van der Waals surface area contributed by atoms with Crippen LogP contribution < -0.4 is 14.2 Å². The van der Waals surface area contributed by atoms with Crippen LogP contribution in [0.2, 0.25) is 0 Å². The Labute approximate surface area is 172 Å². The highest BCUT2D eigenvalue weighted by atomic mass is 16.5. The second-order valence-corrected chi connectivity index (χ2v) is 6.50. The van der Waals surface area contributed by atoms with Gasteiger partial charge >= 0.3 is 0 Å². The second kappa shape index (κ2) is 10.9. The summed E-state index contributed by atoms with van der Waals surface area (Å²) in [5.74, 6) is 2.32. The lowest BCUT2D eigenvalue weighted by Crippen LogP contribution is -2.04. The van der Waals surface area contributed by atoms with Gasteiger partial charge in [0.1, 0.15) is 5.75 Å². The lowest BCUT2D eigenvalue weighted by atomic mass is 10.0. The molecule has 0 unspecified atom stereocenters. The maximum absolute atomic E-state index is 12.4. The molecule has 29 heavy (non-hydrogen) atoms. The minimum Gasteiger partial charge on any atom is -0.494 e. The third-order valence-corrected chi connectivity index (χ3v) is 4.37. The van der Waals surface area contributed by atoms with E-state index in [4.69, 9.17) is 14.2 Å². The van der Waals surface area contributed by atoms with Gasteiger partial charge in [0, 0.05) is 11.1 Å². The van der Waals surface area contributed by atoms with E-state index in [9.17, 15) is 4.79 Å². The smallest absolute Gasteiger partial charge is 0.193 e. The molecule has 3 rings (SSSR count). The predicted molar refractivity (Wildman–Crippen MR) is 114 cm³/mol. The summed E-state index contributed by atoms with van der Waals surface area (Å²) in [7, 11) is 0. The monoisotopic (exact) mass is 390 g/mol. The Hall–Kier alpha value is -3.27. The fourth-order valence-corrected chi connectivity index (χ4v) is 2.88. The number of ether oxygens (including phenoxy) is 3. The molecule has 0 aromatic heterocycles. The van der Waals surface area contributed by atoms with Crippen LogP contribution in [0.15, 0.2) is 78.9 Å². The summed E-state index contributed by atoms with van der Waals surface area (Å²) in [6, 6.07) is 24.3. The molecule has 0 fully saturated rings. The molecule has 0 spiro atoms. The number of hydrogen-bond acceptors (Lipinski definition) is 4. The number of unbranched alkanes of at least 4 members (excludes halogenated alkanes) is 1. The molecule has 0 heterocycles. The quantitative estimate of drug-likeness (QED) is 0.318. The summed E-state index contributed by atoms with van der Waals surface area (Å²) in [4.78, 5) is 12.4. The molecule has 0 N–H and O–H groups in total. The van der Waals surface area contributed by atoms with Crippen molar-refractivity contribution >= 4 is 5.78 Å². The molecule has 0 bridgehead atoms. The van der Waals surface area contributed by atoms with E-state index in [0.29, 0.717) is 30.9 Å². The minimum atomic E-state index is 0.0154. The first-order chi connectivity index (χ1) is 14.3. The van der Waals surface area contributed by atoms with Crippen molar-refractivity contribution in [1.82, 2.24) is 0 Å². The van der Waals surface area contributed by atoms with Crippen LogP contribution in [-0.4, -0.2) is 25.6 Å². The van der Waals surface area contributed by atoms with E-state index in [1.165, 1.54) is 0 Å². The van der Waals surface area contributed by atoms with E-state index < -0.39 is 0 Å². The molecule has 0 radical (unpaired) electrons. The number of benzene rings is 3. The van der Waals surface area contributed by atoms with Crippen molar-refractivity contribution < 1.29 is 19.0 Å². The van der Waals surface area contributed by atoms with E-state index in [1.807, 2.05) is 73.7 Å².